The van der Waals surface area contributed by atoms with Crippen LogP contribution in [-0.2, 0) is 0 Å². The fourth-order valence-electron chi connectivity index (χ4n) is 1.82. The van der Waals surface area contributed by atoms with Crippen molar-refractivity contribution in [3.8, 4) is 0 Å². The molecule has 0 fully saturated rings. The largest absolute Gasteiger partial charge is 0.312 e. The van der Waals surface area contributed by atoms with E-state index in [1.807, 2.05) is 0 Å². The molecule has 0 amide bonds. The zero-order chi connectivity index (χ0) is 7.84. The van der Waals surface area contributed by atoms with Gasteiger partial charge >= 0.3 is 0 Å². The van der Waals surface area contributed by atoms with Crippen molar-refractivity contribution in [1.29, 1.82) is 0 Å². The molecule has 0 aromatic carbocycles. The Morgan fingerprint density at radius 1 is 1.36 bits per heavy atom. The van der Waals surface area contributed by atoms with E-state index in [1.165, 1.54) is 12.1 Å². The van der Waals surface area contributed by atoms with Crippen LogP contribution in [0.3, 0.4) is 0 Å². The maximum absolute atomic E-state index is 3.38. The van der Waals surface area contributed by atoms with Crippen molar-refractivity contribution < 1.29 is 0 Å². The highest BCUT2D eigenvalue weighted by Crippen LogP contribution is 2.23. The average molecular weight is 153 g/mol. The maximum atomic E-state index is 3.38. The van der Waals surface area contributed by atoms with Gasteiger partial charge in [-0.2, -0.15) is 0 Å². The highest BCUT2D eigenvalue weighted by atomic mass is 15.6. The lowest BCUT2D eigenvalue weighted by Crippen LogP contribution is -2.34. The van der Waals surface area contributed by atoms with Crippen molar-refractivity contribution in [3.63, 3.8) is 0 Å². The van der Waals surface area contributed by atoms with Gasteiger partial charge < -0.3 is 10.3 Å². The van der Waals surface area contributed by atoms with Gasteiger partial charge in [0.05, 0.1) is 0 Å². The molecule has 2 heterocycles. The zero-order valence-corrected chi connectivity index (χ0v) is 7.22. The van der Waals surface area contributed by atoms with E-state index in [4.69, 9.17) is 0 Å². The molecule has 2 rings (SSSR count). The van der Waals surface area contributed by atoms with E-state index in [0.29, 0.717) is 0 Å². The normalized spacial score (nSPS) is 26.2. The summed E-state index contributed by atoms with van der Waals surface area (Å²) in [5.41, 5.74) is 3.10. The van der Waals surface area contributed by atoms with E-state index in [9.17, 15) is 0 Å². The first kappa shape index (κ1) is 7.13. The van der Waals surface area contributed by atoms with Gasteiger partial charge in [0.25, 0.3) is 0 Å². The molecule has 1 N–H and O–H groups in total. The van der Waals surface area contributed by atoms with Crippen LogP contribution in [0.4, 0.5) is 0 Å². The van der Waals surface area contributed by atoms with Crippen molar-refractivity contribution in [2.24, 2.45) is 0 Å². The molecule has 0 aliphatic carbocycles. The van der Waals surface area contributed by atoms with Gasteiger partial charge in [0, 0.05) is 32.9 Å². The van der Waals surface area contributed by atoms with Crippen molar-refractivity contribution in [1.82, 2.24) is 15.3 Å². The van der Waals surface area contributed by atoms with Crippen molar-refractivity contribution in [2.75, 3.05) is 33.7 Å². The fraction of sp³-hybridized carbons (Fsp3) is 0.750. The van der Waals surface area contributed by atoms with Crippen LogP contribution in [0.5, 0.6) is 0 Å². The lowest BCUT2D eigenvalue weighted by molar-refractivity contribution is 0.100. The Balaban J connectivity index is 2.20. The van der Waals surface area contributed by atoms with E-state index in [1.54, 1.807) is 5.57 Å². The number of likely N-dealkylation sites (N-methyl/N-ethyl adjacent to an activating group) is 2. The summed E-state index contributed by atoms with van der Waals surface area (Å²) in [6, 6.07) is 0. The molecule has 0 aromatic heterocycles. The third-order valence-corrected chi connectivity index (χ3v) is 2.63. The second-order valence-corrected chi connectivity index (χ2v) is 3.32. The number of rotatable bonds is 0. The minimum absolute atomic E-state index is 1.05. The second-order valence-electron chi connectivity index (χ2n) is 3.32. The topological polar surface area (TPSA) is 18.5 Å². The van der Waals surface area contributed by atoms with Gasteiger partial charge in [-0.15, -0.1) is 0 Å². The summed E-state index contributed by atoms with van der Waals surface area (Å²) in [7, 11) is 4.27. The molecule has 11 heavy (non-hydrogen) atoms. The van der Waals surface area contributed by atoms with Gasteiger partial charge in [0.1, 0.15) is 0 Å². The van der Waals surface area contributed by atoms with Crippen LogP contribution in [-0.4, -0.2) is 43.7 Å². The predicted octanol–water partition coefficient (Wildman–Crippen LogP) is 0.0260. The van der Waals surface area contributed by atoms with E-state index in [2.05, 4.69) is 29.4 Å². The van der Waals surface area contributed by atoms with Gasteiger partial charge in [0.15, 0.2) is 0 Å². The minimum Gasteiger partial charge on any atom is -0.312 e. The Labute approximate surface area is 67.6 Å². The highest BCUT2D eigenvalue weighted by molar-refractivity contribution is 5.22. The number of nitrogens with zero attached hydrogens (tertiary/aromatic N) is 2. The number of hydrazine groups is 1. The molecular weight excluding hydrogens is 138 g/mol. The first-order valence-corrected chi connectivity index (χ1v) is 4.15. The van der Waals surface area contributed by atoms with Crippen LogP contribution < -0.4 is 5.32 Å². The summed E-state index contributed by atoms with van der Waals surface area (Å²) in [6.07, 6.45) is 1.23. The number of nitrogens with one attached hydrogen (secondary N) is 1. The van der Waals surface area contributed by atoms with Crippen LogP contribution in [0.2, 0.25) is 0 Å². The molecule has 0 unspecified atom stereocenters. The first-order chi connectivity index (χ1) is 5.29. The Kier molecular flexibility index (Phi) is 1.62. The van der Waals surface area contributed by atoms with Crippen LogP contribution in [0.25, 0.3) is 0 Å². The molecule has 0 spiro atoms. The van der Waals surface area contributed by atoms with Gasteiger partial charge in [-0.25, -0.2) is 5.01 Å². The molecule has 62 valence electrons. The molecule has 0 atom stereocenters. The van der Waals surface area contributed by atoms with Crippen molar-refractivity contribution in [3.05, 3.63) is 11.3 Å². The smallest absolute Gasteiger partial charge is 0.0437 e. The van der Waals surface area contributed by atoms with Crippen molar-refractivity contribution in [2.45, 2.75) is 6.42 Å². The quantitative estimate of drug-likeness (QED) is 0.529. The standard InChI is InChI=1S/C8H15N3/c1-10-6-7-3-4-9-5-8(7)11(10)2/h9H,3-6H2,1-2H3. The van der Waals surface area contributed by atoms with Crippen LogP contribution >= 0.6 is 0 Å². The molecule has 0 saturated heterocycles. The Bertz CT molecular complexity index is 198. The van der Waals surface area contributed by atoms with Crippen LogP contribution in [0.1, 0.15) is 6.42 Å². The second kappa shape index (κ2) is 2.50. The van der Waals surface area contributed by atoms with Crippen LogP contribution in [0.15, 0.2) is 11.3 Å². The highest BCUT2D eigenvalue weighted by Gasteiger charge is 2.25. The SMILES string of the molecule is CN1CC2=C(CNCC2)N1C. The predicted molar refractivity (Wildman–Crippen MR) is 44.9 cm³/mol. The van der Waals surface area contributed by atoms with E-state index < -0.39 is 0 Å². The minimum atomic E-state index is 1.05. The fourth-order valence-corrected chi connectivity index (χ4v) is 1.82. The Morgan fingerprint density at radius 2 is 2.18 bits per heavy atom. The summed E-state index contributed by atoms with van der Waals surface area (Å²) in [6.45, 7) is 3.34. The zero-order valence-electron chi connectivity index (χ0n) is 7.22. The first-order valence-electron chi connectivity index (χ1n) is 4.15. The van der Waals surface area contributed by atoms with Gasteiger partial charge in [-0.05, 0) is 18.5 Å². The summed E-state index contributed by atoms with van der Waals surface area (Å²) >= 11 is 0. The average Bonchev–Trinajstić information content (AvgIpc) is 2.30. The van der Waals surface area contributed by atoms with Gasteiger partial charge in [-0.1, -0.05) is 0 Å². The Hall–Kier alpha value is -0.540. The lowest BCUT2D eigenvalue weighted by atomic mass is 10.1. The number of hydrogen-bond donors (Lipinski definition) is 1. The summed E-state index contributed by atoms with van der Waals surface area (Å²) in [4.78, 5) is 0. The molecule has 3 heteroatoms. The molecule has 3 nitrogen and oxygen atoms in total. The molecule has 2 aliphatic rings. The molecule has 2 aliphatic heterocycles. The lowest BCUT2D eigenvalue weighted by Gasteiger charge is -2.25. The third kappa shape index (κ3) is 1.04. The van der Waals surface area contributed by atoms with Gasteiger partial charge in [-0.3, -0.25) is 0 Å². The van der Waals surface area contributed by atoms with E-state index >= 15 is 0 Å². The summed E-state index contributed by atoms with van der Waals surface area (Å²) in [5, 5.41) is 7.89. The number of hydrogen-bond acceptors (Lipinski definition) is 3. The van der Waals surface area contributed by atoms with Gasteiger partial charge in [0.2, 0.25) is 0 Å². The van der Waals surface area contributed by atoms with E-state index in [-0.39, 0.29) is 0 Å². The molecule has 0 bridgehead atoms. The Morgan fingerprint density at radius 3 is 2.91 bits per heavy atom. The van der Waals surface area contributed by atoms with E-state index in [0.717, 1.165) is 19.6 Å². The van der Waals surface area contributed by atoms with Crippen molar-refractivity contribution >= 4 is 0 Å². The molecular formula is C8H15N3. The maximum Gasteiger partial charge on any atom is 0.0437 e. The monoisotopic (exact) mass is 153 g/mol. The molecule has 0 radical (unpaired) electrons. The third-order valence-electron chi connectivity index (χ3n) is 2.63. The summed E-state index contributed by atoms with van der Waals surface area (Å²) in [5.74, 6) is 0. The summed E-state index contributed by atoms with van der Waals surface area (Å²) < 4.78 is 0. The molecule has 0 aromatic rings. The van der Waals surface area contributed by atoms with Crippen LogP contribution in [0, 0.1) is 0 Å². The molecule has 0 saturated carbocycles.